The molecule has 760 valence electrons. The number of benzene rings is 7. The van der Waals surface area contributed by atoms with Crippen molar-refractivity contribution in [3.63, 3.8) is 0 Å². The number of aromatic nitrogens is 14. The van der Waals surface area contributed by atoms with Crippen LogP contribution in [0.5, 0.6) is 0 Å². The lowest BCUT2D eigenvalue weighted by Gasteiger charge is -2.43. The van der Waals surface area contributed by atoms with E-state index in [-0.39, 0.29) is 38.1 Å². The van der Waals surface area contributed by atoms with Crippen LogP contribution in [-0.2, 0) is 102 Å². The van der Waals surface area contributed by atoms with E-state index in [2.05, 4.69) is 316 Å². The van der Waals surface area contributed by atoms with Gasteiger partial charge in [-0.25, -0.2) is 22.8 Å². The third-order valence-electron chi connectivity index (χ3n) is 39.3. The highest BCUT2D eigenvalue weighted by Gasteiger charge is 2.58. The molecular formula is C134H159N14+5. The average Bonchev–Trinajstić information content (AvgIpc) is 1.34. The second-order valence-corrected chi connectivity index (χ2v) is 50.6. The number of imidazole rings is 5. The Morgan fingerprint density at radius 1 is 0.284 bits per heavy atom. The molecule has 148 heavy (non-hydrogen) atoms. The zero-order valence-corrected chi connectivity index (χ0v) is 94.7. The molecule has 5 aliphatic rings. The quantitative estimate of drug-likeness (QED) is 0.127. The monoisotopic (exact) mass is 1980 g/mol. The van der Waals surface area contributed by atoms with Crippen LogP contribution in [0, 0.1) is 109 Å². The number of rotatable bonds is 5. The zero-order chi connectivity index (χ0) is 119. The van der Waals surface area contributed by atoms with E-state index in [1.165, 1.54) is 117 Å². The first kappa shape index (κ1) is 83.1. The molecule has 0 radical (unpaired) electrons. The van der Waals surface area contributed by atoms with Crippen molar-refractivity contribution in [3.05, 3.63) is 292 Å². The Hall–Kier alpha value is -12.8. The largest absolute Gasteiger partial charge is 0.296 e. The standard InChI is InChI=1S/C39H49N2.3C24H28N3.C23H26N3/c1-22(2)17-27-19-28(18-23(3)4)21-29(20-27)34-36-39(10,11)38(8,9)31-16-14-25(6)32-30-15-13-24(5)26(7)33(30)37(40(34)12)41(36)35(31)32;3*1-13-9-10-16-21-18(13)20-19(15(3)14(2)11-25-20)22-26(8)12-17(27(21)22)24(6,7)23(16,4)5;1-13-11-24-19-15-9-8-10-16-20(15)26-17(23(5,6)22(16,3)4)12-25(7)21(26)18(19)14(13)2/h13-16,19-23H,17-18H2,1-12H3;3*9-12H,1-8H3;8-12H,1-7H3/q5*+1/i6D3,10D3;1D3,6D3;1D3;;. The molecule has 0 saturated heterocycles. The van der Waals surface area contributed by atoms with Crippen molar-refractivity contribution in [2.24, 2.45) is 47.1 Å². The fraction of sp³-hybridized carbons (Fsp3) is 0.425. The molecule has 19 heterocycles. The minimum atomic E-state index is -2.38. The van der Waals surface area contributed by atoms with E-state index < -0.39 is 55.9 Å². The lowest BCUT2D eigenvalue weighted by Crippen LogP contribution is -2.44. The number of aryl methyl sites for hydroxylation is 19. The molecule has 14 nitrogen and oxygen atoms in total. The van der Waals surface area contributed by atoms with E-state index in [0.29, 0.717) is 44.9 Å². The van der Waals surface area contributed by atoms with Gasteiger partial charge in [0.1, 0.15) is 52.4 Å². The van der Waals surface area contributed by atoms with Gasteiger partial charge in [-0.1, -0.05) is 245 Å². The minimum absolute atomic E-state index is 0.0190. The molecule has 14 heteroatoms. The van der Waals surface area contributed by atoms with Crippen LogP contribution in [0.3, 0.4) is 0 Å². The van der Waals surface area contributed by atoms with E-state index in [1.807, 2.05) is 107 Å². The highest BCUT2D eigenvalue weighted by molar-refractivity contribution is 6.19. The second-order valence-electron chi connectivity index (χ2n) is 50.6. The fourth-order valence-corrected chi connectivity index (χ4v) is 27.1. The number of fused-ring (bicyclic) bond motifs is 15. The molecule has 21 aromatic rings. The summed E-state index contributed by atoms with van der Waals surface area (Å²) in [5, 5.41) is 10.9. The van der Waals surface area contributed by atoms with Gasteiger partial charge < -0.3 is 0 Å². The molecule has 0 saturated carbocycles. The van der Waals surface area contributed by atoms with Gasteiger partial charge >= 0.3 is 0 Å². The number of nitrogens with zero attached hydrogens (tertiary/aromatic N) is 14. The molecule has 2 atom stereocenters. The predicted octanol–water partition coefficient (Wildman–Crippen LogP) is 29.2. The molecular weight excluding hydrogens is 1810 g/mol. The Morgan fingerprint density at radius 3 is 0.973 bits per heavy atom. The van der Waals surface area contributed by atoms with Gasteiger partial charge in [0.15, 0.2) is 34.2 Å². The minimum Gasteiger partial charge on any atom is -0.255 e. The van der Waals surface area contributed by atoms with Gasteiger partial charge in [-0.3, -0.25) is 19.9 Å². The van der Waals surface area contributed by atoms with Gasteiger partial charge in [0.2, 0.25) is 0 Å². The number of para-hydroxylation sites is 1. The summed E-state index contributed by atoms with van der Waals surface area (Å²) in [6.07, 6.45) is 18.3. The smallest absolute Gasteiger partial charge is 0.255 e. The third kappa shape index (κ3) is 12.8. The van der Waals surface area contributed by atoms with Crippen molar-refractivity contribution in [2.45, 2.75) is 330 Å². The van der Waals surface area contributed by atoms with Crippen molar-refractivity contribution in [1.29, 1.82) is 0 Å². The molecule has 0 aliphatic carbocycles. The molecule has 0 spiro atoms. The van der Waals surface area contributed by atoms with Gasteiger partial charge in [0, 0.05) is 149 Å². The fourth-order valence-electron chi connectivity index (χ4n) is 27.1. The Balaban J connectivity index is 0.000000115. The number of hydrogen-bond acceptors (Lipinski definition) is 4. The summed E-state index contributed by atoms with van der Waals surface area (Å²) in [4.78, 5) is 19.4. The van der Waals surface area contributed by atoms with Gasteiger partial charge in [0.05, 0.1) is 100 Å². The van der Waals surface area contributed by atoms with Gasteiger partial charge in [-0.15, -0.1) is 0 Å². The zero-order valence-electron chi connectivity index (χ0n) is 110. The first-order valence-corrected chi connectivity index (χ1v) is 53.3. The summed E-state index contributed by atoms with van der Waals surface area (Å²) in [5.74, 6) is 0.923. The topological polar surface area (TPSA) is 93.0 Å². The highest BCUT2D eigenvalue weighted by Crippen LogP contribution is 2.60. The number of pyridine rings is 9. The van der Waals surface area contributed by atoms with Crippen LogP contribution in [0.15, 0.2) is 147 Å². The van der Waals surface area contributed by atoms with Crippen molar-refractivity contribution in [3.8, 4) is 11.3 Å². The molecule has 0 N–H and O–H groups in total. The predicted molar refractivity (Wildman–Crippen MR) is 618 cm³/mol. The lowest BCUT2D eigenvalue weighted by molar-refractivity contribution is -0.644. The summed E-state index contributed by atoms with van der Waals surface area (Å²) in [6.45, 7) is 60.4. The summed E-state index contributed by atoms with van der Waals surface area (Å²) in [6, 6.07) is 33.2. The van der Waals surface area contributed by atoms with Crippen molar-refractivity contribution < 1.29 is 43.4 Å². The first-order chi connectivity index (χ1) is 75.2. The van der Waals surface area contributed by atoms with Crippen molar-refractivity contribution in [2.75, 3.05) is 0 Å². The molecule has 7 aromatic carbocycles. The Bertz CT molecular complexity index is 10200. The Labute approximate surface area is 897 Å². The van der Waals surface area contributed by atoms with Gasteiger partial charge in [-0.2, -0.15) is 22.0 Å². The molecule has 14 aromatic heterocycles. The molecule has 0 amide bonds. The molecule has 0 fully saturated rings. The third-order valence-corrected chi connectivity index (χ3v) is 39.3. The molecule has 5 aliphatic heterocycles. The second kappa shape index (κ2) is 32.1. The van der Waals surface area contributed by atoms with Gasteiger partial charge in [-0.05, 0) is 229 Å². The Morgan fingerprint density at radius 2 is 0.595 bits per heavy atom. The summed E-state index contributed by atoms with van der Waals surface area (Å²) in [5.41, 5.74) is 38.9. The van der Waals surface area contributed by atoms with Crippen molar-refractivity contribution in [1.82, 2.24) is 41.9 Å². The maximum Gasteiger partial charge on any atom is 0.296 e. The van der Waals surface area contributed by atoms with E-state index in [9.17, 15) is 4.11 Å². The summed E-state index contributed by atoms with van der Waals surface area (Å²) >= 11 is 0. The van der Waals surface area contributed by atoms with E-state index in [0.717, 1.165) is 151 Å². The first-order valence-electron chi connectivity index (χ1n) is 60.8. The van der Waals surface area contributed by atoms with Crippen LogP contribution >= 0.6 is 0 Å². The van der Waals surface area contributed by atoms with Gasteiger partial charge in [0.25, 0.3) is 28.2 Å². The summed E-state index contributed by atoms with van der Waals surface area (Å²) in [7, 11) is 10.4. The van der Waals surface area contributed by atoms with Crippen LogP contribution in [0.4, 0.5) is 0 Å². The van der Waals surface area contributed by atoms with Crippen LogP contribution in [-0.4, -0.2) is 41.9 Å². The van der Waals surface area contributed by atoms with E-state index >= 15 is 0 Å². The maximum atomic E-state index is 9.21. The van der Waals surface area contributed by atoms with Crippen LogP contribution in [0.1, 0.15) is 332 Å². The van der Waals surface area contributed by atoms with Crippen molar-refractivity contribution >= 4 is 137 Å². The lowest BCUT2D eigenvalue weighted by atomic mass is 9.60. The van der Waals surface area contributed by atoms with Crippen LogP contribution < -0.4 is 22.8 Å². The normalized spacial score (nSPS) is 20.3. The molecule has 0 bridgehead atoms. The average molecular weight is 1980 g/mol. The SMILES string of the molecule is Cc1cnc2c3c(C)ccc4c3n3c(c[n+](C)c3c2c1C)C(C)(C)C4(C)C.Cc1cnc2c3cccc4c3n3c(c[n+](C)c3c2c1C)C(C)(C)C4(C)C.[2H]C([2H])([2H])c1ccc2c3c1c1ccc(C)c(C)c1c1n3c(c(-c3cc(CC(C)C)cc(CC(C)C)c3)[n+]1C)C(C)(C([2H])([2H])[2H])C2(C)C.[2H]C([2H])([2H])c1ccc2c3c1c1ncc(C)c(C)c1c1n3c(c[n+]1C)C(C)(C([2H])([2H])[2H])C2(C)C.[2H]C([2H])([2H])c1ccc2c3c1c1ncc(C)c(C)c1c1n3c(c[n+]1C)C(C)(C)C2(C)C. The Kier molecular flexibility index (Phi) is 18.0. The maximum absolute atomic E-state index is 9.21. The van der Waals surface area contributed by atoms with E-state index in [1.54, 1.807) is 31.3 Å². The summed E-state index contributed by atoms with van der Waals surface area (Å²) < 4.78 is 151. The number of hydrogen-bond donors (Lipinski definition) is 0. The molecule has 26 rings (SSSR count). The van der Waals surface area contributed by atoms with Crippen LogP contribution in [0.2, 0.25) is 0 Å². The molecule has 2 unspecified atom stereocenters. The van der Waals surface area contributed by atoms with E-state index in [4.69, 9.17) is 36.4 Å². The highest BCUT2D eigenvalue weighted by atomic mass is 15.2. The van der Waals surface area contributed by atoms with Crippen LogP contribution in [0.25, 0.3) is 148 Å².